The number of pyridine rings is 1. The molecule has 1 saturated heterocycles. The SMILES string of the molecule is COc1cc(Cl)ncc1NC(=O)C1(c2ccccc2C(C)C)CN(C(=O)Cn2ccnn2)C1. The van der Waals surface area contributed by atoms with Gasteiger partial charge in [-0.2, -0.15) is 0 Å². The van der Waals surface area contributed by atoms with E-state index in [0.29, 0.717) is 11.4 Å². The minimum atomic E-state index is -0.913. The van der Waals surface area contributed by atoms with Crippen LogP contribution in [0.25, 0.3) is 0 Å². The van der Waals surface area contributed by atoms with Gasteiger partial charge < -0.3 is 15.0 Å². The van der Waals surface area contributed by atoms with E-state index in [1.807, 2.05) is 24.3 Å². The van der Waals surface area contributed by atoms with Crippen molar-refractivity contribution in [3.63, 3.8) is 0 Å². The molecule has 3 aromatic rings. The molecule has 9 nitrogen and oxygen atoms in total. The van der Waals surface area contributed by atoms with Gasteiger partial charge in [0.2, 0.25) is 11.8 Å². The zero-order valence-corrected chi connectivity index (χ0v) is 19.4. The lowest BCUT2D eigenvalue weighted by atomic mass is 9.69. The number of ether oxygens (including phenoxy) is 1. The Morgan fingerprint density at radius 1 is 1.27 bits per heavy atom. The molecular weight excluding hydrogens is 444 g/mol. The fraction of sp³-hybridized carbons (Fsp3) is 0.348. The quantitative estimate of drug-likeness (QED) is 0.535. The largest absolute Gasteiger partial charge is 0.494 e. The van der Waals surface area contributed by atoms with Crippen molar-refractivity contribution in [2.24, 2.45) is 0 Å². The van der Waals surface area contributed by atoms with Gasteiger partial charge in [-0.1, -0.05) is 54.9 Å². The topological polar surface area (TPSA) is 102 Å². The minimum Gasteiger partial charge on any atom is -0.494 e. The molecule has 0 atom stereocenters. The van der Waals surface area contributed by atoms with Crippen molar-refractivity contribution in [2.45, 2.75) is 31.7 Å². The van der Waals surface area contributed by atoms with E-state index < -0.39 is 5.41 Å². The summed E-state index contributed by atoms with van der Waals surface area (Å²) in [4.78, 5) is 32.3. The molecule has 0 saturated carbocycles. The molecule has 0 unspecified atom stereocenters. The summed E-state index contributed by atoms with van der Waals surface area (Å²) in [5.41, 5.74) is 1.48. The zero-order valence-electron chi connectivity index (χ0n) is 18.7. The van der Waals surface area contributed by atoms with E-state index in [0.717, 1.165) is 11.1 Å². The zero-order chi connectivity index (χ0) is 23.6. The van der Waals surface area contributed by atoms with Gasteiger partial charge in [0.15, 0.2) is 0 Å². The Balaban J connectivity index is 1.65. The number of carbonyl (C=O) groups excluding carboxylic acids is 2. The highest BCUT2D eigenvalue weighted by molar-refractivity contribution is 6.29. The van der Waals surface area contributed by atoms with Gasteiger partial charge >= 0.3 is 0 Å². The molecule has 172 valence electrons. The number of anilines is 1. The molecule has 1 fully saturated rings. The van der Waals surface area contributed by atoms with E-state index in [2.05, 4.69) is 34.5 Å². The van der Waals surface area contributed by atoms with Crippen molar-refractivity contribution in [3.8, 4) is 5.75 Å². The Kier molecular flexibility index (Phi) is 6.33. The molecule has 0 radical (unpaired) electrons. The average Bonchev–Trinajstić information content (AvgIpc) is 3.27. The summed E-state index contributed by atoms with van der Waals surface area (Å²) in [7, 11) is 1.50. The summed E-state index contributed by atoms with van der Waals surface area (Å²) in [5.74, 6) is 0.256. The predicted molar refractivity (Wildman–Crippen MR) is 123 cm³/mol. The van der Waals surface area contributed by atoms with Gasteiger partial charge in [-0.05, 0) is 17.0 Å². The number of benzene rings is 1. The van der Waals surface area contributed by atoms with Crippen molar-refractivity contribution in [1.82, 2.24) is 24.9 Å². The van der Waals surface area contributed by atoms with E-state index in [9.17, 15) is 9.59 Å². The molecule has 1 aliphatic rings. The van der Waals surface area contributed by atoms with Crippen LogP contribution in [0.15, 0.2) is 48.9 Å². The second kappa shape index (κ2) is 9.19. The number of likely N-dealkylation sites (tertiary alicyclic amines) is 1. The van der Waals surface area contributed by atoms with Crippen molar-refractivity contribution >= 4 is 29.1 Å². The van der Waals surface area contributed by atoms with Gasteiger partial charge in [-0.3, -0.25) is 9.59 Å². The summed E-state index contributed by atoms with van der Waals surface area (Å²) in [6.07, 6.45) is 4.62. The number of rotatable bonds is 7. The second-order valence-corrected chi connectivity index (χ2v) is 8.72. The number of aromatic nitrogens is 4. The van der Waals surface area contributed by atoms with Crippen LogP contribution < -0.4 is 10.1 Å². The minimum absolute atomic E-state index is 0.0679. The van der Waals surface area contributed by atoms with E-state index >= 15 is 0 Å². The van der Waals surface area contributed by atoms with Crippen molar-refractivity contribution in [2.75, 3.05) is 25.5 Å². The second-order valence-electron chi connectivity index (χ2n) is 8.34. The van der Waals surface area contributed by atoms with E-state index in [-0.39, 0.29) is 42.5 Å². The van der Waals surface area contributed by atoms with Crippen LogP contribution in [-0.2, 0) is 21.5 Å². The molecule has 1 N–H and O–H groups in total. The number of methoxy groups -OCH3 is 1. The Morgan fingerprint density at radius 2 is 2.03 bits per heavy atom. The van der Waals surface area contributed by atoms with E-state index in [1.165, 1.54) is 24.2 Å². The van der Waals surface area contributed by atoms with Gasteiger partial charge in [0.25, 0.3) is 0 Å². The maximum atomic E-state index is 13.7. The van der Waals surface area contributed by atoms with Crippen LogP contribution in [0, 0.1) is 0 Å². The van der Waals surface area contributed by atoms with Gasteiger partial charge in [0.05, 0.1) is 19.5 Å². The van der Waals surface area contributed by atoms with Crippen molar-refractivity contribution in [3.05, 3.63) is 65.2 Å². The Morgan fingerprint density at radius 3 is 2.70 bits per heavy atom. The molecule has 3 heterocycles. The monoisotopic (exact) mass is 468 g/mol. The third-order valence-electron chi connectivity index (χ3n) is 5.88. The maximum absolute atomic E-state index is 13.7. The number of halogens is 1. The number of amides is 2. The lowest BCUT2D eigenvalue weighted by Crippen LogP contribution is -2.67. The predicted octanol–water partition coefficient (Wildman–Crippen LogP) is 2.88. The fourth-order valence-electron chi connectivity index (χ4n) is 4.13. The molecule has 0 spiro atoms. The Bertz CT molecular complexity index is 1160. The number of hydrogen-bond donors (Lipinski definition) is 1. The molecular formula is C23H25ClN6O3. The third kappa shape index (κ3) is 4.41. The van der Waals surface area contributed by atoms with Crippen LogP contribution >= 0.6 is 11.6 Å². The number of nitrogens with one attached hydrogen (secondary N) is 1. The van der Waals surface area contributed by atoms with Crippen LogP contribution in [0.1, 0.15) is 30.9 Å². The summed E-state index contributed by atoms with van der Waals surface area (Å²) >= 11 is 5.96. The third-order valence-corrected chi connectivity index (χ3v) is 6.08. The van der Waals surface area contributed by atoms with Crippen LogP contribution in [0.2, 0.25) is 5.15 Å². The molecule has 0 aliphatic carbocycles. The Labute approximate surface area is 196 Å². The average molecular weight is 469 g/mol. The Hall–Kier alpha value is -3.46. The highest BCUT2D eigenvalue weighted by Gasteiger charge is 2.53. The van der Waals surface area contributed by atoms with Crippen LogP contribution in [-0.4, -0.2) is 56.9 Å². The highest BCUT2D eigenvalue weighted by atomic mass is 35.5. The van der Waals surface area contributed by atoms with Crippen LogP contribution in [0.3, 0.4) is 0 Å². The number of carbonyl (C=O) groups is 2. The van der Waals surface area contributed by atoms with Gasteiger partial charge in [-0.15, -0.1) is 5.10 Å². The van der Waals surface area contributed by atoms with Crippen LogP contribution in [0.5, 0.6) is 5.75 Å². The van der Waals surface area contributed by atoms with Gasteiger partial charge in [-0.25, -0.2) is 9.67 Å². The standard InChI is InChI=1S/C23H25ClN6O3/c1-15(2)16-6-4-5-7-17(16)23(13-29(14-23)21(31)12-30-9-8-26-28-30)22(32)27-18-11-25-20(24)10-19(18)33-3/h4-11,15H,12-14H2,1-3H3,(H,27,32). The highest BCUT2D eigenvalue weighted by Crippen LogP contribution is 2.40. The molecule has 2 aromatic heterocycles. The lowest BCUT2D eigenvalue weighted by Gasteiger charge is -2.50. The number of hydrogen-bond acceptors (Lipinski definition) is 6. The molecule has 0 bridgehead atoms. The van der Waals surface area contributed by atoms with Gasteiger partial charge in [0.1, 0.15) is 28.5 Å². The normalized spacial score (nSPS) is 14.6. The van der Waals surface area contributed by atoms with Crippen molar-refractivity contribution in [1.29, 1.82) is 0 Å². The van der Waals surface area contributed by atoms with E-state index in [4.69, 9.17) is 16.3 Å². The summed E-state index contributed by atoms with van der Waals surface area (Å²) in [5, 5.41) is 10.8. The summed E-state index contributed by atoms with van der Waals surface area (Å²) in [6.45, 7) is 4.74. The van der Waals surface area contributed by atoms with Crippen LogP contribution in [0.4, 0.5) is 5.69 Å². The molecule has 1 aliphatic heterocycles. The first-order chi connectivity index (χ1) is 15.8. The fourth-order valence-corrected chi connectivity index (χ4v) is 4.28. The smallest absolute Gasteiger partial charge is 0.244 e. The first-order valence-corrected chi connectivity index (χ1v) is 10.9. The molecule has 1 aromatic carbocycles. The summed E-state index contributed by atoms with van der Waals surface area (Å²) < 4.78 is 6.82. The molecule has 10 heteroatoms. The molecule has 33 heavy (non-hydrogen) atoms. The first-order valence-electron chi connectivity index (χ1n) is 10.6. The van der Waals surface area contributed by atoms with Crippen molar-refractivity contribution < 1.29 is 14.3 Å². The maximum Gasteiger partial charge on any atom is 0.244 e. The molecule has 4 rings (SSSR count). The molecule has 2 amide bonds. The lowest BCUT2D eigenvalue weighted by molar-refractivity contribution is -0.144. The summed E-state index contributed by atoms with van der Waals surface area (Å²) in [6, 6.07) is 9.41. The number of nitrogens with zero attached hydrogens (tertiary/aromatic N) is 5. The van der Waals surface area contributed by atoms with Gasteiger partial charge in [0, 0.05) is 25.4 Å². The van der Waals surface area contributed by atoms with E-state index in [1.54, 1.807) is 17.2 Å². The first kappa shape index (κ1) is 22.7.